The lowest BCUT2D eigenvalue weighted by atomic mass is 9.75. The van der Waals surface area contributed by atoms with Gasteiger partial charge in [0.05, 0.1) is 19.1 Å². The van der Waals surface area contributed by atoms with Crippen LogP contribution in [0.25, 0.3) is 0 Å². The van der Waals surface area contributed by atoms with Crippen molar-refractivity contribution in [3.8, 4) is 0 Å². The van der Waals surface area contributed by atoms with Gasteiger partial charge in [-0.05, 0) is 98.4 Å². The molecule has 0 atom stereocenters. The van der Waals surface area contributed by atoms with Crippen molar-refractivity contribution in [2.75, 3.05) is 13.2 Å². The summed E-state index contributed by atoms with van der Waals surface area (Å²) in [5, 5.41) is 0. The molecule has 5 rings (SSSR count). The summed E-state index contributed by atoms with van der Waals surface area (Å²) in [6, 6.07) is 7.06. The van der Waals surface area contributed by atoms with Crippen LogP contribution in [0, 0.1) is 35.1 Å². The van der Waals surface area contributed by atoms with Gasteiger partial charge in [0.2, 0.25) is 0 Å². The lowest BCUT2D eigenvalue weighted by Gasteiger charge is -2.37. The van der Waals surface area contributed by atoms with Gasteiger partial charge >= 0.3 is 6.11 Å². The van der Waals surface area contributed by atoms with Crippen LogP contribution in [-0.2, 0) is 14.2 Å². The van der Waals surface area contributed by atoms with Crippen LogP contribution in [0.4, 0.5) is 26.3 Å². The van der Waals surface area contributed by atoms with Gasteiger partial charge in [-0.15, -0.1) is 0 Å². The predicted molar refractivity (Wildman–Crippen MR) is 151 cm³/mol. The van der Waals surface area contributed by atoms with E-state index in [1.54, 1.807) is 6.07 Å². The Hall–Kier alpha value is -2.10. The van der Waals surface area contributed by atoms with Crippen LogP contribution in [0.5, 0.6) is 0 Å². The molecule has 0 radical (unpaired) electrons. The highest BCUT2D eigenvalue weighted by molar-refractivity contribution is 5.30. The van der Waals surface area contributed by atoms with Gasteiger partial charge in [-0.25, -0.2) is 17.6 Å². The van der Waals surface area contributed by atoms with E-state index in [-0.39, 0.29) is 43.4 Å². The van der Waals surface area contributed by atoms with Gasteiger partial charge in [0.1, 0.15) is 11.9 Å². The lowest BCUT2D eigenvalue weighted by molar-refractivity contribution is -0.334. The third kappa shape index (κ3) is 7.95. The van der Waals surface area contributed by atoms with E-state index in [9.17, 15) is 13.2 Å². The Morgan fingerprint density at radius 1 is 0.744 bits per heavy atom. The molecule has 0 unspecified atom stereocenters. The van der Waals surface area contributed by atoms with Gasteiger partial charge in [-0.2, -0.15) is 8.78 Å². The molecule has 3 nitrogen and oxygen atoms in total. The van der Waals surface area contributed by atoms with Crippen LogP contribution in [-0.4, -0.2) is 25.4 Å². The predicted octanol–water partition coefficient (Wildman–Crippen LogP) is 10.1. The Labute approximate surface area is 250 Å². The van der Waals surface area contributed by atoms with Crippen LogP contribution in [0.3, 0.4) is 0 Å². The fourth-order valence-corrected chi connectivity index (χ4v) is 7.11. The minimum atomic E-state index is -3.44. The molecular weight excluding hydrogens is 570 g/mol. The largest absolute Gasteiger partial charge is 0.358 e. The number of ether oxygens (including phenoxy) is 3. The Bertz CT molecular complexity index is 1180. The SMILES string of the molecule is CCCCCC1CCC(c2ccc(C3CCC(C(F)(F)OC4COC(c5cc(F)c(F)c(F)c5)OC4)CC3)c(F)c2)CC1. The van der Waals surface area contributed by atoms with E-state index in [0.717, 1.165) is 36.5 Å². The second kappa shape index (κ2) is 14.3. The number of unbranched alkanes of at least 4 members (excludes halogenated alkanes) is 2. The summed E-state index contributed by atoms with van der Waals surface area (Å²) in [6.45, 7) is 1.66. The van der Waals surface area contributed by atoms with Gasteiger partial charge in [0, 0.05) is 5.56 Å². The number of halogens is 6. The van der Waals surface area contributed by atoms with Crippen LogP contribution >= 0.6 is 0 Å². The second-order valence-corrected chi connectivity index (χ2v) is 12.6. The van der Waals surface area contributed by atoms with E-state index < -0.39 is 41.9 Å². The number of hydrogen-bond donors (Lipinski definition) is 0. The first-order valence-electron chi connectivity index (χ1n) is 15.9. The summed E-state index contributed by atoms with van der Waals surface area (Å²) in [4.78, 5) is 0. The summed E-state index contributed by atoms with van der Waals surface area (Å²) in [5.41, 5.74) is 1.56. The zero-order valence-electron chi connectivity index (χ0n) is 24.7. The third-order valence-electron chi connectivity index (χ3n) is 9.67. The first-order valence-corrected chi connectivity index (χ1v) is 15.9. The van der Waals surface area contributed by atoms with Crippen LogP contribution < -0.4 is 0 Å². The highest BCUT2D eigenvalue weighted by atomic mass is 19.3. The van der Waals surface area contributed by atoms with Gasteiger partial charge in [0.15, 0.2) is 23.7 Å². The normalized spacial score (nSPS) is 28.6. The van der Waals surface area contributed by atoms with Crippen molar-refractivity contribution in [2.24, 2.45) is 11.8 Å². The zero-order valence-corrected chi connectivity index (χ0v) is 24.7. The Balaban J connectivity index is 1.08. The Morgan fingerprint density at radius 3 is 1.95 bits per heavy atom. The molecule has 1 saturated heterocycles. The fourth-order valence-electron chi connectivity index (χ4n) is 7.11. The highest BCUT2D eigenvalue weighted by Crippen LogP contribution is 2.45. The topological polar surface area (TPSA) is 27.7 Å². The standard InChI is InChI=1S/C34H42F6O3/c1-2-3-4-5-21-6-8-22(9-7-21)24-12-15-28(29(35)16-24)23-10-13-26(14-11-23)34(39,40)43-27-19-41-33(42-20-27)25-17-30(36)32(38)31(37)18-25/h12,15-18,21-23,26-27,33H,2-11,13-14,19-20H2,1H3. The molecular formula is C34H42F6O3. The van der Waals surface area contributed by atoms with E-state index >= 15 is 13.2 Å². The lowest BCUT2D eigenvalue weighted by Crippen LogP contribution is -2.43. The van der Waals surface area contributed by atoms with Crippen LogP contribution in [0.2, 0.25) is 0 Å². The molecule has 2 aliphatic carbocycles. The highest BCUT2D eigenvalue weighted by Gasteiger charge is 2.45. The van der Waals surface area contributed by atoms with E-state index in [2.05, 4.69) is 6.92 Å². The molecule has 0 aromatic heterocycles. The maximum absolute atomic E-state index is 15.3. The van der Waals surface area contributed by atoms with Gasteiger partial charge in [-0.1, -0.05) is 44.7 Å². The zero-order chi connectivity index (χ0) is 30.6. The average molecular weight is 613 g/mol. The Morgan fingerprint density at radius 2 is 1.35 bits per heavy atom. The van der Waals surface area contributed by atoms with Crippen molar-refractivity contribution < 1.29 is 40.6 Å². The number of benzene rings is 2. The molecule has 2 saturated carbocycles. The van der Waals surface area contributed by atoms with E-state index in [0.29, 0.717) is 24.3 Å². The molecule has 238 valence electrons. The molecule has 0 spiro atoms. The summed E-state index contributed by atoms with van der Waals surface area (Å²) >= 11 is 0. The minimum absolute atomic E-state index is 0.0922. The molecule has 1 aliphatic heterocycles. The maximum atomic E-state index is 15.3. The molecule has 0 amide bonds. The number of alkyl halides is 2. The monoisotopic (exact) mass is 612 g/mol. The molecule has 2 aromatic carbocycles. The first kappa shape index (κ1) is 32.3. The average Bonchev–Trinajstić information content (AvgIpc) is 3.00. The van der Waals surface area contributed by atoms with E-state index in [1.165, 1.54) is 38.5 Å². The van der Waals surface area contributed by atoms with Crippen LogP contribution in [0.15, 0.2) is 30.3 Å². The summed E-state index contributed by atoms with van der Waals surface area (Å²) in [5.74, 6) is -4.61. The number of rotatable bonds is 10. The van der Waals surface area contributed by atoms with E-state index in [1.807, 2.05) is 12.1 Å². The molecule has 9 heteroatoms. The summed E-state index contributed by atoms with van der Waals surface area (Å²) in [7, 11) is 0. The summed E-state index contributed by atoms with van der Waals surface area (Å²) in [6.07, 6.45) is 5.20. The quantitative estimate of drug-likeness (QED) is 0.152. The van der Waals surface area contributed by atoms with Crippen molar-refractivity contribution in [2.45, 2.75) is 114 Å². The van der Waals surface area contributed by atoms with Gasteiger partial charge < -0.3 is 14.2 Å². The molecule has 43 heavy (non-hydrogen) atoms. The maximum Gasteiger partial charge on any atom is 0.358 e. The molecule has 2 aromatic rings. The summed E-state index contributed by atoms with van der Waals surface area (Å²) < 4.78 is 102. The first-order chi connectivity index (χ1) is 20.6. The smallest absolute Gasteiger partial charge is 0.346 e. The Kier molecular flexibility index (Phi) is 10.8. The van der Waals surface area contributed by atoms with Gasteiger partial charge in [0.25, 0.3) is 0 Å². The van der Waals surface area contributed by atoms with Crippen molar-refractivity contribution >= 4 is 0 Å². The van der Waals surface area contributed by atoms with Crippen LogP contribution in [0.1, 0.15) is 119 Å². The van der Waals surface area contributed by atoms with Crippen molar-refractivity contribution in [1.29, 1.82) is 0 Å². The molecule has 0 N–H and O–H groups in total. The second-order valence-electron chi connectivity index (χ2n) is 12.6. The minimum Gasteiger partial charge on any atom is -0.346 e. The van der Waals surface area contributed by atoms with E-state index in [4.69, 9.17) is 14.2 Å². The van der Waals surface area contributed by atoms with Gasteiger partial charge in [-0.3, -0.25) is 0 Å². The molecule has 3 fully saturated rings. The molecule has 1 heterocycles. The number of hydrogen-bond acceptors (Lipinski definition) is 3. The molecule has 3 aliphatic rings. The third-order valence-corrected chi connectivity index (χ3v) is 9.67. The van der Waals surface area contributed by atoms with Crippen molar-refractivity contribution in [3.05, 3.63) is 70.3 Å². The van der Waals surface area contributed by atoms with Crippen molar-refractivity contribution in [3.63, 3.8) is 0 Å². The fraction of sp³-hybridized carbons (Fsp3) is 0.647. The van der Waals surface area contributed by atoms with Crippen molar-refractivity contribution in [1.82, 2.24) is 0 Å². The molecule has 0 bridgehead atoms.